The van der Waals surface area contributed by atoms with E-state index in [9.17, 15) is 9.18 Å². The summed E-state index contributed by atoms with van der Waals surface area (Å²) in [5.74, 6) is 0.206. The van der Waals surface area contributed by atoms with Crippen LogP contribution in [0.15, 0.2) is 54.7 Å². The molecule has 1 amide bonds. The fraction of sp³-hybridized carbons (Fsp3) is 0.333. The predicted molar refractivity (Wildman–Crippen MR) is 123 cm³/mol. The lowest BCUT2D eigenvalue weighted by atomic mass is 10.2. The van der Waals surface area contributed by atoms with Crippen molar-refractivity contribution < 1.29 is 13.9 Å². The van der Waals surface area contributed by atoms with E-state index in [-0.39, 0.29) is 23.9 Å². The minimum atomic E-state index is -0.323. The topological polar surface area (TPSA) is 54.5 Å². The molecule has 2 atom stereocenters. The molecule has 0 aliphatic rings. The summed E-state index contributed by atoms with van der Waals surface area (Å²) in [6, 6.07) is 13.0. The van der Waals surface area contributed by atoms with Crippen LogP contribution in [0.25, 0.3) is 10.9 Å². The second kappa shape index (κ2) is 10.6. The van der Waals surface area contributed by atoms with Crippen LogP contribution in [0.4, 0.5) is 10.1 Å². The van der Waals surface area contributed by atoms with Crippen LogP contribution in [0.5, 0.6) is 5.75 Å². The van der Waals surface area contributed by atoms with E-state index < -0.39 is 0 Å². The molecule has 0 bridgehead atoms. The average molecular weight is 444 g/mol. The molecule has 3 rings (SSSR count). The van der Waals surface area contributed by atoms with Crippen LogP contribution in [0.3, 0.4) is 0 Å². The van der Waals surface area contributed by atoms with Gasteiger partial charge < -0.3 is 10.1 Å². The van der Waals surface area contributed by atoms with Gasteiger partial charge >= 0.3 is 0 Å². The average Bonchev–Trinajstić information content (AvgIpc) is 2.76. The molecule has 2 aromatic carbocycles. The Bertz CT molecular complexity index is 1030. The van der Waals surface area contributed by atoms with E-state index in [4.69, 9.17) is 16.3 Å². The van der Waals surface area contributed by atoms with Crippen molar-refractivity contribution in [3.63, 3.8) is 0 Å². The SMILES string of the molecule is CCN(CCC(C)Oc1ccnc2ccc(F)cc12)C(C)C(=O)Nc1ccc(Cl)cc1. The third kappa shape index (κ3) is 6.15. The van der Waals surface area contributed by atoms with Crippen LogP contribution in [-0.4, -0.2) is 41.0 Å². The smallest absolute Gasteiger partial charge is 0.241 e. The Morgan fingerprint density at radius 1 is 1.19 bits per heavy atom. The lowest BCUT2D eigenvalue weighted by Gasteiger charge is -2.28. The van der Waals surface area contributed by atoms with Gasteiger partial charge in [0.1, 0.15) is 11.6 Å². The van der Waals surface area contributed by atoms with Crippen molar-refractivity contribution in [3.05, 3.63) is 65.6 Å². The fourth-order valence-corrected chi connectivity index (χ4v) is 3.52. The molecule has 0 aliphatic heterocycles. The first-order chi connectivity index (χ1) is 14.9. The number of anilines is 1. The molecular weight excluding hydrogens is 417 g/mol. The fourth-order valence-electron chi connectivity index (χ4n) is 3.39. The van der Waals surface area contributed by atoms with Crippen molar-refractivity contribution >= 4 is 34.1 Å². The van der Waals surface area contributed by atoms with E-state index in [1.165, 1.54) is 12.1 Å². The van der Waals surface area contributed by atoms with Gasteiger partial charge in [-0.2, -0.15) is 0 Å². The minimum Gasteiger partial charge on any atom is -0.490 e. The van der Waals surface area contributed by atoms with Crippen molar-refractivity contribution in [3.8, 4) is 5.75 Å². The molecule has 0 fully saturated rings. The van der Waals surface area contributed by atoms with Gasteiger partial charge in [-0.25, -0.2) is 4.39 Å². The van der Waals surface area contributed by atoms with Gasteiger partial charge in [0.05, 0.1) is 17.7 Å². The zero-order valence-corrected chi connectivity index (χ0v) is 18.7. The zero-order chi connectivity index (χ0) is 22.4. The van der Waals surface area contributed by atoms with Gasteiger partial charge in [0, 0.05) is 28.8 Å². The molecule has 5 nitrogen and oxygen atoms in total. The number of fused-ring (bicyclic) bond motifs is 1. The maximum absolute atomic E-state index is 13.7. The Balaban J connectivity index is 1.57. The summed E-state index contributed by atoms with van der Waals surface area (Å²) in [6.45, 7) is 7.30. The Hall–Kier alpha value is -2.70. The largest absolute Gasteiger partial charge is 0.490 e. The monoisotopic (exact) mass is 443 g/mol. The van der Waals surface area contributed by atoms with Crippen LogP contribution in [0, 0.1) is 5.82 Å². The first-order valence-electron chi connectivity index (χ1n) is 10.4. The second-order valence-electron chi connectivity index (χ2n) is 7.49. The summed E-state index contributed by atoms with van der Waals surface area (Å²) in [7, 11) is 0. The number of pyridine rings is 1. The molecule has 0 saturated carbocycles. The van der Waals surface area contributed by atoms with Crippen LogP contribution in [-0.2, 0) is 4.79 Å². The Morgan fingerprint density at radius 2 is 1.94 bits per heavy atom. The highest BCUT2D eigenvalue weighted by Crippen LogP contribution is 2.26. The third-order valence-electron chi connectivity index (χ3n) is 5.26. The van der Waals surface area contributed by atoms with Gasteiger partial charge in [-0.3, -0.25) is 14.7 Å². The van der Waals surface area contributed by atoms with Crippen molar-refractivity contribution in [2.75, 3.05) is 18.4 Å². The normalized spacial score (nSPS) is 13.2. The molecule has 0 saturated heterocycles. The molecule has 1 N–H and O–H groups in total. The van der Waals surface area contributed by atoms with Gasteiger partial charge in [-0.1, -0.05) is 18.5 Å². The van der Waals surface area contributed by atoms with Crippen LogP contribution in [0.2, 0.25) is 5.02 Å². The Labute approximate surface area is 187 Å². The molecule has 2 unspecified atom stereocenters. The highest BCUT2D eigenvalue weighted by Gasteiger charge is 2.21. The zero-order valence-electron chi connectivity index (χ0n) is 17.9. The molecule has 0 radical (unpaired) electrons. The molecule has 7 heteroatoms. The van der Waals surface area contributed by atoms with Crippen LogP contribution >= 0.6 is 11.6 Å². The summed E-state index contributed by atoms with van der Waals surface area (Å²) in [4.78, 5) is 19.0. The maximum Gasteiger partial charge on any atom is 0.241 e. The standard InChI is InChI=1S/C24H27ClFN3O2/c1-4-29(17(3)24(30)28-20-8-5-18(25)6-9-20)14-12-16(2)31-23-11-13-27-22-10-7-19(26)15-21(22)23/h5-11,13,15-17H,4,12,14H2,1-3H3,(H,28,30). The van der Waals surface area contributed by atoms with Gasteiger partial charge in [-0.05, 0) is 75.3 Å². The number of rotatable bonds is 9. The van der Waals surface area contributed by atoms with Gasteiger partial charge in [-0.15, -0.1) is 0 Å². The molecule has 1 heterocycles. The van der Waals surface area contributed by atoms with Gasteiger partial charge in [0.15, 0.2) is 0 Å². The van der Waals surface area contributed by atoms with E-state index in [2.05, 4.69) is 15.2 Å². The number of carbonyl (C=O) groups is 1. The number of aromatic nitrogens is 1. The van der Waals surface area contributed by atoms with Crippen LogP contribution in [0.1, 0.15) is 27.2 Å². The lowest BCUT2D eigenvalue weighted by molar-refractivity contribution is -0.120. The number of nitrogens with zero attached hydrogens (tertiary/aromatic N) is 2. The highest BCUT2D eigenvalue weighted by molar-refractivity contribution is 6.30. The number of benzene rings is 2. The lowest BCUT2D eigenvalue weighted by Crippen LogP contribution is -2.43. The molecule has 1 aromatic heterocycles. The quantitative estimate of drug-likeness (QED) is 0.472. The van der Waals surface area contributed by atoms with Gasteiger partial charge in [0.25, 0.3) is 0 Å². The second-order valence-corrected chi connectivity index (χ2v) is 7.92. The molecule has 0 aliphatic carbocycles. The van der Waals surface area contributed by atoms with E-state index in [1.807, 2.05) is 20.8 Å². The summed E-state index contributed by atoms with van der Waals surface area (Å²) < 4.78 is 19.7. The number of ether oxygens (including phenoxy) is 1. The number of hydrogen-bond acceptors (Lipinski definition) is 4. The third-order valence-corrected chi connectivity index (χ3v) is 5.51. The maximum atomic E-state index is 13.7. The number of halogens is 2. The Morgan fingerprint density at radius 3 is 2.65 bits per heavy atom. The predicted octanol–water partition coefficient (Wildman–Crippen LogP) is 5.53. The number of hydrogen-bond donors (Lipinski definition) is 1. The van der Waals surface area contributed by atoms with Gasteiger partial charge in [0.2, 0.25) is 5.91 Å². The molecular formula is C24H27ClFN3O2. The van der Waals surface area contributed by atoms with E-state index in [0.29, 0.717) is 40.3 Å². The summed E-state index contributed by atoms with van der Waals surface area (Å²) in [5.41, 5.74) is 1.40. The van der Waals surface area contributed by atoms with Crippen molar-refractivity contribution in [2.45, 2.75) is 39.3 Å². The molecule has 164 valence electrons. The highest BCUT2D eigenvalue weighted by atomic mass is 35.5. The molecule has 3 aromatic rings. The van der Waals surface area contributed by atoms with E-state index in [0.717, 1.165) is 6.54 Å². The number of likely N-dealkylation sites (N-methyl/N-ethyl adjacent to an activating group) is 1. The van der Waals surface area contributed by atoms with E-state index in [1.54, 1.807) is 42.6 Å². The number of nitrogens with one attached hydrogen (secondary N) is 1. The number of carbonyl (C=O) groups excluding carboxylic acids is 1. The summed E-state index contributed by atoms with van der Waals surface area (Å²) >= 11 is 5.90. The first kappa shape index (κ1) is 23.0. The summed E-state index contributed by atoms with van der Waals surface area (Å²) in [5, 5.41) is 4.20. The molecule has 31 heavy (non-hydrogen) atoms. The van der Waals surface area contributed by atoms with Crippen LogP contribution < -0.4 is 10.1 Å². The first-order valence-corrected chi connectivity index (χ1v) is 10.8. The van der Waals surface area contributed by atoms with Crippen molar-refractivity contribution in [2.24, 2.45) is 0 Å². The summed E-state index contributed by atoms with van der Waals surface area (Å²) in [6.07, 6.45) is 2.25. The Kier molecular flexibility index (Phi) is 7.82. The minimum absolute atomic E-state index is 0.0756. The number of amides is 1. The molecule has 0 spiro atoms. The van der Waals surface area contributed by atoms with E-state index >= 15 is 0 Å². The van der Waals surface area contributed by atoms with Crippen molar-refractivity contribution in [1.29, 1.82) is 0 Å². The van der Waals surface area contributed by atoms with Crippen molar-refractivity contribution in [1.82, 2.24) is 9.88 Å².